The van der Waals surface area contributed by atoms with Crippen molar-refractivity contribution in [1.82, 2.24) is 4.98 Å². The van der Waals surface area contributed by atoms with Gasteiger partial charge in [0.15, 0.2) is 5.13 Å². The van der Waals surface area contributed by atoms with E-state index in [4.69, 9.17) is 4.74 Å². The maximum atomic E-state index is 12.3. The molecule has 0 radical (unpaired) electrons. The molecule has 0 saturated heterocycles. The van der Waals surface area contributed by atoms with Gasteiger partial charge in [0, 0.05) is 18.0 Å². The minimum absolute atomic E-state index is 0.164. The van der Waals surface area contributed by atoms with Gasteiger partial charge >= 0.3 is 0 Å². The largest absolute Gasteiger partial charge is 0.495 e. The second-order valence-corrected chi connectivity index (χ2v) is 7.22. The number of ether oxygens (including phenoxy) is 1. The smallest absolute Gasteiger partial charge is 0.262 e. The first kappa shape index (κ1) is 20.4. The summed E-state index contributed by atoms with van der Waals surface area (Å²) in [5.41, 5.74) is 2.31. The lowest BCUT2D eigenvalue weighted by Gasteiger charge is -2.10. The third-order valence-corrected chi connectivity index (χ3v) is 4.97. The zero-order valence-corrected chi connectivity index (χ0v) is 16.8. The highest BCUT2D eigenvalue weighted by Crippen LogP contribution is 2.25. The molecule has 0 fully saturated rings. The van der Waals surface area contributed by atoms with Crippen LogP contribution in [0.5, 0.6) is 5.75 Å². The van der Waals surface area contributed by atoms with Crippen LogP contribution < -0.4 is 15.4 Å². The topological polar surface area (TPSA) is 110 Å². The Kier molecular flexibility index (Phi) is 6.50. The number of hydrogen-bond donors (Lipinski definition) is 2. The lowest BCUT2D eigenvalue weighted by atomic mass is 10.1. The highest BCUT2D eigenvalue weighted by molar-refractivity contribution is 7.13. The standard InChI is InChI=1S/C20H20N4O4S/c1-12-5-7-16(28-2)15(10-12)23-17(25)8-6-13-11-29-20(22-13)24-19(27)14-4-3-9-21-18(14)26/h3-5,7,9-11,14H,6,8H2,1-2H3,(H,23,25)(H,22,24,27). The summed E-state index contributed by atoms with van der Waals surface area (Å²) < 4.78 is 5.26. The van der Waals surface area contributed by atoms with Gasteiger partial charge in [-0.1, -0.05) is 12.1 Å². The molecule has 0 bridgehead atoms. The number of nitrogens with one attached hydrogen (secondary N) is 2. The predicted molar refractivity (Wildman–Crippen MR) is 112 cm³/mol. The van der Waals surface area contributed by atoms with Crippen molar-refractivity contribution in [3.8, 4) is 5.75 Å². The van der Waals surface area contributed by atoms with Crippen LogP contribution in [0.4, 0.5) is 10.8 Å². The number of aliphatic imine (C=N–C) groups is 1. The normalized spacial score (nSPS) is 15.2. The van der Waals surface area contributed by atoms with E-state index in [9.17, 15) is 14.4 Å². The van der Waals surface area contributed by atoms with Crippen LogP contribution in [0.25, 0.3) is 0 Å². The van der Waals surface area contributed by atoms with Gasteiger partial charge in [-0.25, -0.2) is 9.98 Å². The van der Waals surface area contributed by atoms with Crippen LogP contribution in [-0.4, -0.2) is 36.0 Å². The molecule has 29 heavy (non-hydrogen) atoms. The molecular weight excluding hydrogens is 392 g/mol. The van der Waals surface area contributed by atoms with Crippen molar-refractivity contribution in [2.75, 3.05) is 17.7 Å². The van der Waals surface area contributed by atoms with Crippen LogP contribution in [0.2, 0.25) is 0 Å². The Morgan fingerprint density at radius 3 is 2.86 bits per heavy atom. The van der Waals surface area contributed by atoms with Gasteiger partial charge in [0.05, 0.1) is 18.5 Å². The van der Waals surface area contributed by atoms with Crippen molar-refractivity contribution in [3.63, 3.8) is 0 Å². The van der Waals surface area contributed by atoms with Gasteiger partial charge in [0.2, 0.25) is 11.8 Å². The van der Waals surface area contributed by atoms with E-state index in [2.05, 4.69) is 20.6 Å². The molecule has 2 aromatic rings. The molecule has 1 aliphatic heterocycles. The van der Waals surface area contributed by atoms with Crippen LogP contribution in [0.15, 0.2) is 40.7 Å². The Morgan fingerprint density at radius 1 is 1.28 bits per heavy atom. The molecule has 1 aliphatic rings. The molecule has 9 heteroatoms. The van der Waals surface area contributed by atoms with Crippen molar-refractivity contribution in [1.29, 1.82) is 0 Å². The SMILES string of the molecule is COc1ccc(C)cc1NC(=O)CCc1csc(NC(=O)C2C=CC=NC2=O)n1. The molecular formula is C20H20N4O4S. The predicted octanol–water partition coefficient (Wildman–Crippen LogP) is 2.75. The fourth-order valence-corrected chi connectivity index (χ4v) is 3.42. The number of nitrogens with zero attached hydrogens (tertiary/aromatic N) is 2. The van der Waals surface area contributed by atoms with Gasteiger partial charge in [-0.05, 0) is 37.1 Å². The number of carbonyl (C=O) groups excluding carboxylic acids is 3. The number of allylic oxidation sites excluding steroid dienone is 1. The van der Waals surface area contributed by atoms with E-state index in [-0.39, 0.29) is 12.3 Å². The van der Waals surface area contributed by atoms with E-state index in [1.54, 1.807) is 24.6 Å². The molecule has 2 heterocycles. The first-order chi connectivity index (χ1) is 14.0. The highest BCUT2D eigenvalue weighted by Gasteiger charge is 2.25. The van der Waals surface area contributed by atoms with Gasteiger partial charge in [-0.3, -0.25) is 14.4 Å². The number of aromatic nitrogens is 1. The maximum Gasteiger partial charge on any atom is 0.262 e. The van der Waals surface area contributed by atoms with Crippen LogP contribution in [0, 0.1) is 12.8 Å². The Hall–Kier alpha value is -3.33. The number of thiazole rings is 1. The number of carbonyl (C=O) groups is 3. The van der Waals surface area contributed by atoms with Crippen molar-refractivity contribution in [2.45, 2.75) is 19.8 Å². The molecule has 0 saturated carbocycles. The molecule has 8 nitrogen and oxygen atoms in total. The number of amides is 3. The third kappa shape index (κ3) is 5.35. The summed E-state index contributed by atoms with van der Waals surface area (Å²) in [6.07, 6.45) is 5.04. The zero-order chi connectivity index (χ0) is 20.8. The third-order valence-electron chi connectivity index (χ3n) is 4.16. The Balaban J connectivity index is 1.53. The molecule has 3 rings (SSSR count). The minimum Gasteiger partial charge on any atom is -0.495 e. The van der Waals surface area contributed by atoms with Crippen molar-refractivity contribution in [2.24, 2.45) is 10.9 Å². The van der Waals surface area contributed by atoms with Gasteiger partial charge in [-0.15, -0.1) is 11.3 Å². The Labute approximate surface area is 171 Å². The van der Waals surface area contributed by atoms with Gasteiger partial charge in [0.1, 0.15) is 11.7 Å². The van der Waals surface area contributed by atoms with Gasteiger partial charge in [-0.2, -0.15) is 0 Å². The number of rotatable bonds is 7. The van der Waals surface area contributed by atoms with Gasteiger partial charge < -0.3 is 15.4 Å². The molecule has 0 aliphatic carbocycles. The quantitative estimate of drug-likeness (QED) is 0.680. The van der Waals surface area contributed by atoms with Crippen molar-refractivity contribution in [3.05, 3.63) is 47.0 Å². The van der Waals surface area contributed by atoms with Crippen LogP contribution in [0.1, 0.15) is 17.7 Å². The Bertz CT molecular complexity index is 996. The summed E-state index contributed by atoms with van der Waals surface area (Å²) in [5.74, 6) is -1.50. The number of hydrogen-bond acceptors (Lipinski definition) is 6. The van der Waals surface area contributed by atoms with Crippen LogP contribution in [-0.2, 0) is 20.8 Å². The summed E-state index contributed by atoms with van der Waals surface area (Å²) in [5, 5.41) is 7.61. The van der Waals surface area contributed by atoms with Crippen molar-refractivity contribution < 1.29 is 19.1 Å². The lowest BCUT2D eigenvalue weighted by Crippen LogP contribution is -2.28. The summed E-state index contributed by atoms with van der Waals surface area (Å²) in [7, 11) is 1.55. The lowest BCUT2D eigenvalue weighted by molar-refractivity contribution is -0.128. The molecule has 1 aromatic heterocycles. The number of benzene rings is 1. The van der Waals surface area contributed by atoms with Crippen LogP contribution in [0.3, 0.4) is 0 Å². The Morgan fingerprint density at radius 2 is 2.10 bits per heavy atom. The van der Waals surface area contributed by atoms with E-state index >= 15 is 0 Å². The highest BCUT2D eigenvalue weighted by atomic mass is 32.1. The molecule has 1 aromatic carbocycles. The average molecular weight is 412 g/mol. The molecule has 1 atom stereocenters. The van der Waals surface area contributed by atoms with E-state index < -0.39 is 17.7 Å². The zero-order valence-electron chi connectivity index (χ0n) is 16.0. The second kappa shape index (κ2) is 9.24. The van der Waals surface area contributed by atoms with E-state index in [0.29, 0.717) is 28.7 Å². The van der Waals surface area contributed by atoms with Gasteiger partial charge in [0.25, 0.3) is 5.91 Å². The first-order valence-electron chi connectivity index (χ1n) is 8.90. The second-order valence-electron chi connectivity index (χ2n) is 6.36. The number of methoxy groups -OCH3 is 1. The van der Waals surface area contributed by atoms with Crippen molar-refractivity contribution >= 4 is 46.1 Å². The summed E-state index contributed by atoms with van der Waals surface area (Å²) in [6, 6.07) is 5.55. The fraction of sp³-hybridized carbons (Fsp3) is 0.250. The van der Waals surface area contributed by atoms with E-state index in [1.807, 2.05) is 19.1 Å². The average Bonchev–Trinajstić information content (AvgIpc) is 3.14. The fourth-order valence-electron chi connectivity index (χ4n) is 2.68. The van der Waals surface area contributed by atoms with Crippen LogP contribution >= 0.6 is 11.3 Å². The molecule has 2 N–H and O–H groups in total. The summed E-state index contributed by atoms with van der Waals surface area (Å²) in [6.45, 7) is 1.93. The molecule has 1 unspecified atom stereocenters. The summed E-state index contributed by atoms with van der Waals surface area (Å²) in [4.78, 5) is 44.0. The molecule has 150 valence electrons. The molecule has 3 amide bonds. The monoisotopic (exact) mass is 412 g/mol. The number of aryl methyl sites for hydroxylation is 2. The maximum absolute atomic E-state index is 12.3. The first-order valence-corrected chi connectivity index (χ1v) is 9.78. The van der Waals surface area contributed by atoms with E-state index in [0.717, 1.165) is 5.56 Å². The summed E-state index contributed by atoms with van der Waals surface area (Å²) >= 11 is 1.24. The number of dihydropyridines is 1. The minimum atomic E-state index is -0.942. The van der Waals surface area contributed by atoms with E-state index in [1.165, 1.54) is 23.6 Å². The number of anilines is 2. The molecule has 0 spiro atoms.